The molecule has 0 spiro atoms. The molecule has 0 saturated carbocycles. The quantitative estimate of drug-likeness (QED) is 0.767. The van der Waals surface area contributed by atoms with E-state index in [-0.39, 0.29) is 0 Å². The Kier molecular flexibility index (Phi) is 4.53. The third-order valence-electron chi connectivity index (χ3n) is 4.84. The van der Waals surface area contributed by atoms with Crippen LogP contribution in [0.2, 0.25) is 0 Å². The van der Waals surface area contributed by atoms with Gasteiger partial charge in [0.25, 0.3) is 0 Å². The third-order valence-corrected chi connectivity index (χ3v) is 4.84. The molecule has 1 aliphatic rings. The van der Waals surface area contributed by atoms with Crippen molar-refractivity contribution in [3.8, 4) is 0 Å². The summed E-state index contributed by atoms with van der Waals surface area (Å²) in [7, 11) is 0. The Morgan fingerprint density at radius 1 is 1.04 bits per heavy atom. The predicted octanol–water partition coefficient (Wildman–Crippen LogP) is 3.56. The van der Waals surface area contributed by atoms with Crippen molar-refractivity contribution in [2.24, 2.45) is 5.73 Å². The molecule has 0 bridgehead atoms. The number of nitrogens with zero attached hydrogens (tertiary/aromatic N) is 2. The Labute approximate surface area is 148 Å². The van der Waals surface area contributed by atoms with Gasteiger partial charge in [-0.2, -0.15) is 0 Å². The number of benzene rings is 2. The lowest BCUT2D eigenvalue weighted by molar-refractivity contribution is 0.756. The zero-order chi connectivity index (χ0) is 17.1. The Hall–Kier alpha value is -2.59. The van der Waals surface area contributed by atoms with E-state index in [0.717, 1.165) is 54.9 Å². The lowest BCUT2D eigenvalue weighted by atomic mass is 10.0. The molecule has 4 heteroatoms. The predicted molar refractivity (Wildman–Crippen MR) is 105 cm³/mol. The zero-order valence-electron chi connectivity index (χ0n) is 14.4. The van der Waals surface area contributed by atoms with Gasteiger partial charge in [0, 0.05) is 43.3 Å². The van der Waals surface area contributed by atoms with Crippen LogP contribution in [0, 0.1) is 0 Å². The number of fused-ring (bicyclic) bond motifs is 2. The minimum Gasteiger partial charge on any atom is -0.383 e. The van der Waals surface area contributed by atoms with Crippen molar-refractivity contribution in [1.29, 1.82) is 0 Å². The molecule has 0 amide bonds. The molecule has 2 aromatic carbocycles. The number of nitrogens with two attached hydrogens (primary N) is 1. The molecule has 1 aliphatic heterocycles. The van der Waals surface area contributed by atoms with Crippen LogP contribution < -0.4 is 16.0 Å². The van der Waals surface area contributed by atoms with Crippen molar-refractivity contribution in [2.45, 2.75) is 19.4 Å². The van der Waals surface area contributed by atoms with Gasteiger partial charge in [-0.25, -0.2) is 4.98 Å². The average Bonchev–Trinajstić information content (AvgIpc) is 2.88. The first-order valence-electron chi connectivity index (χ1n) is 9.00. The highest BCUT2D eigenvalue weighted by Crippen LogP contribution is 2.29. The largest absolute Gasteiger partial charge is 0.383 e. The fourth-order valence-electron chi connectivity index (χ4n) is 3.57. The number of hydrogen-bond donors (Lipinski definition) is 2. The van der Waals surface area contributed by atoms with Crippen LogP contribution in [0.25, 0.3) is 10.9 Å². The molecule has 0 unspecified atom stereocenters. The highest BCUT2D eigenvalue weighted by Gasteiger charge is 2.17. The minimum atomic E-state index is 0.614. The highest BCUT2D eigenvalue weighted by atomic mass is 15.2. The van der Waals surface area contributed by atoms with Crippen LogP contribution in [-0.4, -0.2) is 24.6 Å². The topological polar surface area (TPSA) is 54.2 Å². The number of para-hydroxylation sites is 1. The lowest BCUT2D eigenvalue weighted by Crippen LogP contribution is -2.24. The van der Waals surface area contributed by atoms with Crippen molar-refractivity contribution in [3.63, 3.8) is 0 Å². The van der Waals surface area contributed by atoms with Crippen LogP contribution in [-0.2, 0) is 13.0 Å². The van der Waals surface area contributed by atoms with Crippen molar-refractivity contribution in [1.82, 2.24) is 4.98 Å². The van der Waals surface area contributed by atoms with Crippen LogP contribution in [0.5, 0.6) is 0 Å². The van der Waals surface area contributed by atoms with Gasteiger partial charge in [-0.15, -0.1) is 0 Å². The minimum absolute atomic E-state index is 0.614. The lowest BCUT2D eigenvalue weighted by Gasteiger charge is -2.23. The van der Waals surface area contributed by atoms with E-state index >= 15 is 0 Å². The maximum absolute atomic E-state index is 5.69. The summed E-state index contributed by atoms with van der Waals surface area (Å²) in [5, 5.41) is 4.61. The molecule has 1 aromatic heterocycles. The van der Waals surface area contributed by atoms with Gasteiger partial charge in [0.1, 0.15) is 5.82 Å². The molecule has 4 nitrogen and oxygen atoms in total. The van der Waals surface area contributed by atoms with Crippen LogP contribution in [0.3, 0.4) is 0 Å². The number of rotatable bonds is 4. The van der Waals surface area contributed by atoms with E-state index < -0.39 is 0 Å². The summed E-state index contributed by atoms with van der Waals surface area (Å²) in [5.41, 5.74) is 10.7. The number of hydrogen-bond acceptors (Lipinski definition) is 4. The van der Waals surface area contributed by atoms with Gasteiger partial charge in [0.05, 0.1) is 5.52 Å². The van der Waals surface area contributed by atoms with Crippen molar-refractivity contribution in [3.05, 3.63) is 65.7 Å². The number of aryl methyl sites for hydroxylation is 1. The summed E-state index contributed by atoms with van der Waals surface area (Å²) in [6, 6.07) is 19.2. The Morgan fingerprint density at radius 2 is 1.84 bits per heavy atom. The maximum atomic E-state index is 5.69. The first-order chi connectivity index (χ1) is 12.3. The first kappa shape index (κ1) is 15.9. The standard InChI is InChI=1S/C21H24N4/c22-11-12-23-20-14-21(24-19-10-4-3-9-18(19)20)25-13-5-8-16-6-1-2-7-17(16)15-25/h1-4,6-7,9-10,14H,5,8,11-13,15,22H2,(H,23,24). The van der Waals surface area contributed by atoms with Crippen LogP contribution in [0.15, 0.2) is 54.6 Å². The average molecular weight is 332 g/mol. The normalized spacial score (nSPS) is 14.2. The van der Waals surface area contributed by atoms with Gasteiger partial charge in [0.15, 0.2) is 0 Å². The van der Waals surface area contributed by atoms with Crippen molar-refractivity contribution in [2.75, 3.05) is 29.9 Å². The Balaban J connectivity index is 1.73. The molecule has 0 fully saturated rings. The fourth-order valence-corrected chi connectivity index (χ4v) is 3.57. The van der Waals surface area contributed by atoms with Gasteiger partial charge in [0.2, 0.25) is 0 Å². The maximum Gasteiger partial charge on any atom is 0.131 e. The second kappa shape index (κ2) is 7.11. The molecule has 0 radical (unpaired) electrons. The van der Waals surface area contributed by atoms with Gasteiger partial charge in [-0.3, -0.25) is 0 Å². The SMILES string of the molecule is NCCNc1cc(N2CCCc3ccccc3C2)nc2ccccc12. The molecular weight excluding hydrogens is 308 g/mol. The molecule has 0 saturated heterocycles. The highest BCUT2D eigenvalue weighted by molar-refractivity contribution is 5.93. The van der Waals surface area contributed by atoms with Crippen LogP contribution in [0.4, 0.5) is 11.5 Å². The van der Waals surface area contributed by atoms with Crippen LogP contribution in [0.1, 0.15) is 17.5 Å². The van der Waals surface area contributed by atoms with E-state index in [4.69, 9.17) is 10.7 Å². The second-order valence-electron chi connectivity index (χ2n) is 6.55. The van der Waals surface area contributed by atoms with E-state index in [1.165, 1.54) is 11.1 Å². The van der Waals surface area contributed by atoms with E-state index in [2.05, 4.69) is 58.7 Å². The molecular formula is C21H24N4. The number of pyridine rings is 1. The van der Waals surface area contributed by atoms with E-state index in [1.54, 1.807) is 0 Å². The molecule has 2 heterocycles. The van der Waals surface area contributed by atoms with E-state index in [1.807, 2.05) is 6.07 Å². The molecule has 0 aliphatic carbocycles. The smallest absolute Gasteiger partial charge is 0.131 e. The van der Waals surface area contributed by atoms with Crippen LogP contribution >= 0.6 is 0 Å². The summed E-state index contributed by atoms with van der Waals surface area (Å²) < 4.78 is 0. The third kappa shape index (κ3) is 3.30. The van der Waals surface area contributed by atoms with Crippen molar-refractivity contribution < 1.29 is 0 Å². The summed E-state index contributed by atoms with van der Waals surface area (Å²) in [6.07, 6.45) is 2.29. The molecule has 4 rings (SSSR count). The van der Waals surface area contributed by atoms with E-state index in [0.29, 0.717) is 6.54 Å². The molecule has 3 N–H and O–H groups in total. The van der Waals surface area contributed by atoms with Gasteiger partial charge >= 0.3 is 0 Å². The Morgan fingerprint density at radius 3 is 2.72 bits per heavy atom. The van der Waals surface area contributed by atoms with Gasteiger partial charge in [-0.1, -0.05) is 42.5 Å². The first-order valence-corrected chi connectivity index (χ1v) is 9.00. The second-order valence-corrected chi connectivity index (χ2v) is 6.55. The molecule has 128 valence electrons. The summed E-state index contributed by atoms with van der Waals surface area (Å²) in [5.74, 6) is 1.04. The van der Waals surface area contributed by atoms with Gasteiger partial charge in [-0.05, 0) is 30.0 Å². The number of anilines is 2. The summed E-state index contributed by atoms with van der Waals surface area (Å²) in [4.78, 5) is 7.33. The zero-order valence-corrected chi connectivity index (χ0v) is 14.4. The fraction of sp³-hybridized carbons (Fsp3) is 0.286. The Bertz CT molecular complexity index is 875. The van der Waals surface area contributed by atoms with Gasteiger partial charge < -0.3 is 16.0 Å². The van der Waals surface area contributed by atoms with E-state index in [9.17, 15) is 0 Å². The summed E-state index contributed by atoms with van der Waals surface area (Å²) >= 11 is 0. The molecule has 3 aromatic rings. The molecule has 0 atom stereocenters. The van der Waals surface area contributed by atoms with Crippen molar-refractivity contribution >= 4 is 22.4 Å². The number of aromatic nitrogens is 1. The molecule has 25 heavy (non-hydrogen) atoms. The number of nitrogens with one attached hydrogen (secondary N) is 1. The summed E-state index contributed by atoms with van der Waals surface area (Å²) in [6.45, 7) is 3.31. The monoisotopic (exact) mass is 332 g/mol.